The van der Waals surface area contributed by atoms with Crippen molar-refractivity contribution >= 4 is 0 Å². The van der Waals surface area contributed by atoms with Gasteiger partial charge in [0.05, 0.1) is 0 Å². The molecule has 1 N–H and O–H groups in total. The van der Waals surface area contributed by atoms with E-state index in [0.29, 0.717) is 5.41 Å². The maximum Gasteiger partial charge on any atom is 0.00111 e. The maximum atomic E-state index is 3.56. The molecule has 0 amide bonds. The molecule has 1 saturated carbocycles. The van der Waals surface area contributed by atoms with Crippen LogP contribution in [0, 0.1) is 23.2 Å². The van der Waals surface area contributed by atoms with Crippen LogP contribution in [-0.2, 0) is 0 Å². The van der Waals surface area contributed by atoms with Crippen molar-refractivity contribution in [1.82, 2.24) is 5.32 Å². The fourth-order valence-electron chi connectivity index (χ4n) is 4.09. The summed E-state index contributed by atoms with van der Waals surface area (Å²) < 4.78 is 0. The van der Waals surface area contributed by atoms with Crippen LogP contribution in [0.5, 0.6) is 0 Å². The van der Waals surface area contributed by atoms with Crippen LogP contribution >= 0.6 is 0 Å². The minimum absolute atomic E-state index is 0.688. The van der Waals surface area contributed by atoms with Crippen LogP contribution in [-0.4, -0.2) is 13.1 Å². The molecule has 0 aromatic carbocycles. The van der Waals surface area contributed by atoms with Gasteiger partial charge in [0.25, 0.3) is 0 Å². The lowest BCUT2D eigenvalue weighted by Gasteiger charge is -2.35. The van der Waals surface area contributed by atoms with Crippen LogP contribution in [0.15, 0.2) is 0 Å². The predicted molar refractivity (Wildman–Crippen MR) is 56.6 cm³/mol. The monoisotopic (exact) mass is 181 g/mol. The van der Waals surface area contributed by atoms with Crippen LogP contribution < -0.4 is 5.32 Å². The molecular weight excluding hydrogens is 158 g/mol. The van der Waals surface area contributed by atoms with E-state index in [-0.39, 0.29) is 0 Å². The van der Waals surface area contributed by atoms with Gasteiger partial charge in [-0.1, -0.05) is 20.8 Å². The summed E-state index contributed by atoms with van der Waals surface area (Å²) >= 11 is 0. The first kappa shape index (κ1) is 9.51. The summed E-state index contributed by atoms with van der Waals surface area (Å²) in [4.78, 5) is 0. The standard InChI is InChI=1S/C12H23N/c1-9(2)11-10(3)4-5-12(11)6-7-13-8-12/h9-11,13H,4-8H2,1-3H3. The van der Waals surface area contributed by atoms with Crippen LogP contribution in [0.1, 0.15) is 40.0 Å². The van der Waals surface area contributed by atoms with E-state index >= 15 is 0 Å². The van der Waals surface area contributed by atoms with Gasteiger partial charge >= 0.3 is 0 Å². The maximum absolute atomic E-state index is 3.56. The van der Waals surface area contributed by atoms with E-state index in [0.717, 1.165) is 17.8 Å². The highest BCUT2D eigenvalue weighted by atomic mass is 14.9. The van der Waals surface area contributed by atoms with E-state index < -0.39 is 0 Å². The Balaban J connectivity index is 2.18. The first-order valence-electron chi connectivity index (χ1n) is 5.86. The van der Waals surface area contributed by atoms with E-state index in [2.05, 4.69) is 26.1 Å². The van der Waals surface area contributed by atoms with Crippen molar-refractivity contribution in [3.63, 3.8) is 0 Å². The highest BCUT2D eigenvalue weighted by Crippen LogP contribution is 2.53. The summed E-state index contributed by atoms with van der Waals surface area (Å²) in [5.74, 6) is 2.81. The van der Waals surface area contributed by atoms with Gasteiger partial charge in [-0.05, 0) is 49.0 Å². The Morgan fingerprint density at radius 2 is 2.08 bits per heavy atom. The van der Waals surface area contributed by atoms with Gasteiger partial charge in [-0.15, -0.1) is 0 Å². The third-order valence-electron chi connectivity index (χ3n) is 4.41. The molecule has 2 fully saturated rings. The molecule has 1 heteroatoms. The number of rotatable bonds is 1. The molecule has 0 bridgehead atoms. The average molecular weight is 181 g/mol. The first-order valence-corrected chi connectivity index (χ1v) is 5.86. The highest BCUT2D eigenvalue weighted by molar-refractivity contribution is 5.00. The SMILES string of the molecule is CC(C)C1C(C)CCC12CCNC2. The van der Waals surface area contributed by atoms with Gasteiger partial charge in [0.2, 0.25) is 0 Å². The van der Waals surface area contributed by atoms with E-state index in [1.165, 1.54) is 32.4 Å². The first-order chi connectivity index (χ1) is 6.16. The predicted octanol–water partition coefficient (Wildman–Crippen LogP) is 2.67. The summed E-state index contributed by atoms with van der Waals surface area (Å²) in [7, 11) is 0. The molecule has 0 aromatic heterocycles. The second-order valence-electron chi connectivity index (χ2n) is 5.57. The molecule has 1 aliphatic heterocycles. The molecule has 3 atom stereocenters. The second-order valence-corrected chi connectivity index (χ2v) is 5.57. The molecule has 2 rings (SSSR count). The van der Waals surface area contributed by atoms with Gasteiger partial charge in [-0.25, -0.2) is 0 Å². The molecular formula is C12H23N. The van der Waals surface area contributed by atoms with E-state index in [1.807, 2.05) is 0 Å². The minimum Gasteiger partial charge on any atom is -0.316 e. The normalized spacial score (nSPS) is 45.2. The zero-order valence-electron chi connectivity index (χ0n) is 9.27. The Kier molecular flexibility index (Phi) is 2.39. The Labute approximate surface area is 82.3 Å². The molecule has 1 nitrogen and oxygen atoms in total. The molecule has 2 aliphatic rings. The Hall–Kier alpha value is -0.0400. The molecule has 3 unspecified atom stereocenters. The molecule has 13 heavy (non-hydrogen) atoms. The molecule has 1 heterocycles. The summed E-state index contributed by atoms with van der Waals surface area (Å²) in [5, 5.41) is 3.56. The van der Waals surface area contributed by atoms with Crippen molar-refractivity contribution in [1.29, 1.82) is 0 Å². The topological polar surface area (TPSA) is 12.0 Å². The average Bonchev–Trinajstić information content (AvgIpc) is 2.61. The van der Waals surface area contributed by atoms with Gasteiger partial charge in [0.1, 0.15) is 0 Å². The van der Waals surface area contributed by atoms with Crippen molar-refractivity contribution in [3.8, 4) is 0 Å². The summed E-state index contributed by atoms with van der Waals surface area (Å²) in [6, 6.07) is 0. The van der Waals surface area contributed by atoms with Gasteiger partial charge in [-0.2, -0.15) is 0 Å². The van der Waals surface area contributed by atoms with Gasteiger partial charge in [0, 0.05) is 6.54 Å². The lowest BCUT2D eigenvalue weighted by atomic mass is 9.70. The van der Waals surface area contributed by atoms with Crippen LogP contribution in [0.25, 0.3) is 0 Å². The van der Waals surface area contributed by atoms with Crippen LogP contribution in [0.3, 0.4) is 0 Å². The molecule has 1 saturated heterocycles. The van der Waals surface area contributed by atoms with Crippen molar-refractivity contribution < 1.29 is 0 Å². The van der Waals surface area contributed by atoms with Crippen molar-refractivity contribution in [3.05, 3.63) is 0 Å². The Bertz CT molecular complexity index is 180. The Morgan fingerprint density at radius 3 is 2.62 bits per heavy atom. The fourth-order valence-corrected chi connectivity index (χ4v) is 4.09. The smallest absolute Gasteiger partial charge is 0.00111 e. The van der Waals surface area contributed by atoms with Gasteiger partial charge < -0.3 is 5.32 Å². The highest BCUT2D eigenvalue weighted by Gasteiger charge is 2.48. The fraction of sp³-hybridized carbons (Fsp3) is 1.00. The van der Waals surface area contributed by atoms with E-state index in [4.69, 9.17) is 0 Å². The molecule has 0 aromatic rings. The van der Waals surface area contributed by atoms with Gasteiger partial charge in [-0.3, -0.25) is 0 Å². The molecule has 0 radical (unpaired) electrons. The Morgan fingerprint density at radius 1 is 1.31 bits per heavy atom. The summed E-state index contributed by atoms with van der Waals surface area (Å²) in [6.45, 7) is 9.83. The zero-order valence-corrected chi connectivity index (χ0v) is 9.27. The summed E-state index contributed by atoms with van der Waals surface area (Å²) in [6.07, 6.45) is 4.37. The van der Waals surface area contributed by atoms with Crippen molar-refractivity contribution in [2.45, 2.75) is 40.0 Å². The quantitative estimate of drug-likeness (QED) is 0.656. The molecule has 76 valence electrons. The number of nitrogens with one attached hydrogen (secondary N) is 1. The lowest BCUT2D eigenvalue weighted by Crippen LogP contribution is -2.33. The third kappa shape index (κ3) is 1.41. The number of hydrogen-bond donors (Lipinski definition) is 1. The number of hydrogen-bond acceptors (Lipinski definition) is 1. The molecule has 1 spiro atoms. The van der Waals surface area contributed by atoms with Crippen molar-refractivity contribution in [2.24, 2.45) is 23.2 Å². The zero-order chi connectivity index (χ0) is 9.47. The largest absolute Gasteiger partial charge is 0.316 e. The third-order valence-corrected chi connectivity index (χ3v) is 4.41. The minimum atomic E-state index is 0.688. The molecule has 1 aliphatic carbocycles. The van der Waals surface area contributed by atoms with E-state index in [1.54, 1.807) is 0 Å². The lowest BCUT2D eigenvalue weighted by molar-refractivity contribution is 0.144. The van der Waals surface area contributed by atoms with Gasteiger partial charge in [0.15, 0.2) is 0 Å². The second kappa shape index (κ2) is 3.27. The summed E-state index contributed by atoms with van der Waals surface area (Å²) in [5.41, 5.74) is 0.688. The van der Waals surface area contributed by atoms with Crippen LogP contribution in [0.4, 0.5) is 0 Å². The van der Waals surface area contributed by atoms with Crippen LogP contribution in [0.2, 0.25) is 0 Å². The van der Waals surface area contributed by atoms with Crippen molar-refractivity contribution in [2.75, 3.05) is 13.1 Å². The van der Waals surface area contributed by atoms with E-state index in [9.17, 15) is 0 Å².